The van der Waals surface area contributed by atoms with Gasteiger partial charge in [-0.15, -0.1) is 10.2 Å². The molecule has 0 aliphatic rings. The summed E-state index contributed by atoms with van der Waals surface area (Å²) in [6.07, 6.45) is 4.58. The van der Waals surface area contributed by atoms with E-state index in [0.29, 0.717) is 10.8 Å². The van der Waals surface area contributed by atoms with Crippen LogP contribution in [0.4, 0.5) is 5.82 Å². The second-order valence-corrected chi connectivity index (χ2v) is 7.81. The Kier molecular flexibility index (Phi) is 8.53. The zero-order valence-corrected chi connectivity index (χ0v) is 17.8. The van der Waals surface area contributed by atoms with Crippen LogP contribution >= 0.6 is 23.4 Å². The van der Waals surface area contributed by atoms with Crippen LogP contribution in [0.5, 0.6) is 0 Å². The molecule has 0 spiro atoms. The molecular weight excluding hydrogens is 384 g/mol. The van der Waals surface area contributed by atoms with Crippen LogP contribution in [0.15, 0.2) is 23.5 Å². The number of carbonyl (C=O) groups excluding carboxylic acids is 1. The number of nitrogens with one attached hydrogen (secondary N) is 1. The van der Waals surface area contributed by atoms with Crippen molar-refractivity contribution in [3.8, 4) is 0 Å². The van der Waals surface area contributed by atoms with Crippen molar-refractivity contribution in [3.05, 3.63) is 29.2 Å². The van der Waals surface area contributed by atoms with E-state index in [9.17, 15) is 4.79 Å². The highest BCUT2D eigenvalue weighted by Crippen LogP contribution is 2.25. The summed E-state index contributed by atoms with van der Waals surface area (Å²) in [6.45, 7) is 5.15. The molecule has 0 radical (unpaired) electrons. The first kappa shape index (κ1) is 21.7. The quantitative estimate of drug-likeness (QED) is 0.599. The number of aromatic nitrogens is 4. The van der Waals surface area contributed by atoms with E-state index >= 15 is 0 Å². The minimum atomic E-state index is -0.138. The fourth-order valence-electron chi connectivity index (χ4n) is 2.72. The van der Waals surface area contributed by atoms with Crippen molar-refractivity contribution < 1.29 is 4.79 Å². The van der Waals surface area contributed by atoms with E-state index in [4.69, 9.17) is 11.6 Å². The van der Waals surface area contributed by atoms with Crippen molar-refractivity contribution in [2.24, 2.45) is 0 Å². The Morgan fingerprint density at radius 2 is 2.11 bits per heavy atom. The molecule has 1 amide bonds. The van der Waals surface area contributed by atoms with Gasteiger partial charge in [-0.25, -0.2) is 4.98 Å². The Morgan fingerprint density at radius 1 is 1.33 bits per heavy atom. The molecule has 7 nitrogen and oxygen atoms in total. The van der Waals surface area contributed by atoms with Crippen molar-refractivity contribution in [2.75, 3.05) is 25.2 Å². The zero-order chi connectivity index (χ0) is 19.8. The maximum absolute atomic E-state index is 12.2. The van der Waals surface area contributed by atoms with Gasteiger partial charge >= 0.3 is 0 Å². The molecule has 148 valence electrons. The van der Waals surface area contributed by atoms with Gasteiger partial charge in [-0.05, 0) is 39.1 Å². The zero-order valence-electron chi connectivity index (χ0n) is 16.3. The lowest BCUT2D eigenvalue weighted by Crippen LogP contribution is -2.23. The number of hydrogen-bond donors (Lipinski definition) is 1. The van der Waals surface area contributed by atoms with E-state index in [1.807, 2.05) is 14.1 Å². The average Bonchev–Trinajstić information content (AvgIpc) is 3.03. The number of rotatable bonds is 10. The van der Waals surface area contributed by atoms with Gasteiger partial charge in [0.05, 0.1) is 16.8 Å². The lowest BCUT2D eigenvalue weighted by atomic mass is 10.2. The van der Waals surface area contributed by atoms with E-state index in [1.54, 1.807) is 12.1 Å². The monoisotopic (exact) mass is 410 g/mol. The van der Waals surface area contributed by atoms with Crippen molar-refractivity contribution in [3.63, 3.8) is 0 Å². The van der Waals surface area contributed by atoms with Crippen LogP contribution in [0.3, 0.4) is 0 Å². The smallest absolute Gasteiger partial charge is 0.236 e. The van der Waals surface area contributed by atoms with E-state index in [2.05, 4.69) is 43.8 Å². The van der Waals surface area contributed by atoms with Crippen molar-refractivity contribution in [2.45, 2.75) is 50.9 Å². The van der Waals surface area contributed by atoms with Gasteiger partial charge < -0.3 is 9.88 Å². The molecule has 0 bridgehead atoms. The normalized spacial score (nSPS) is 12.4. The lowest BCUT2D eigenvalue weighted by Gasteiger charge is -2.23. The minimum absolute atomic E-state index is 0.138. The highest BCUT2D eigenvalue weighted by atomic mass is 35.5. The maximum atomic E-state index is 12.2. The standard InChI is InChI=1S/C18H27ClN6OS/c1-5-7-10-25-17(14(6-2)24(3)4)22-23-18(25)27-12-16(26)21-15-9-8-13(19)11-20-15/h8-9,11,14H,5-7,10,12H2,1-4H3,(H,20,21,26)/t14-/m0/s1. The summed E-state index contributed by atoms with van der Waals surface area (Å²) in [5, 5.41) is 12.8. The molecule has 27 heavy (non-hydrogen) atoms. The minimum Gasteiger partial charge on any atom is -0.310 e. The van der Waals surface area contributed by atoms with Crippen LogP contribution in [-0.4, -0.2) is 50.4 Å². The number of thioether (sulfide) groups is 1. The van der Waals surface area contributed by atoms with E-state index in [1.165, 1.54) is 18.0 Å². The number of halogens is 1. The number of amides is 1. The number of pyridine rings is 1. The van der Waals surface area contributed by atoms with Gasteiger partial charge in [-0.2, -0.15) is 0 Å². The molecule has 0 aliphatic carbocycles. The van der Waals surface area contributed by atoms with E-state index < -0.39 is 0 Å². The molecule has 1 N–H and O–H groups in total. The topological polar surface area (TPSA) is 75.9 Å². The molecule has 0 aromatic carbocycles. The summed E-state index contributed by atoms with van der Waals surface area (Å²) < 4.78 is 2.15. The summed E-state index contributed by atoms with van der Waals surface area (Å²) in [5.41, 5.74) is 0. The Balaban J connectivity index is 2.06. The first-order chi connectivity index (χ1) is 13.0. The molecule has 0 saturated carbocycles. The molecule has 1 atom stereocenters. The largest absolute Gasteiger partial charge is 0.310 e. The molecule has 0 fully saturated rings. The molecule has 2 aromatic heterocycles. The maximum Gasteiger partial charge on any atom is 0.236 e. The van der Waals surface area contributed by atoms with Gasteiger partial charge in [0.25, 0.3) is 0 Å². The van der Waals surface area contributed by atoms with Crippen LogP contribution in [0, 0.1) is 0 Å². The number of hydrogen-bond acceptors (Lipinski definition) is 6. The Labute approximate surface area is 169 Å². The van der Waals surface area contributed by atoms with Crippen LogP contribution in [0.2, 0.25) is 5.02 Å². The number of nitrogens with zero attached hydrogens (tertiary/aromatic N) is 5. The number of carbonyl (C=O) groups is 1. The number of anilines is 1. The summed E-state index contributed by atoms with van der Waals surface area (Å²) in [6, 6.07) is 3.57. The Morgan fingerprint density at radius 3 is 2.70 bits per heavy atom. The summed E-state index contributed by atoms with van der Waals surface area (Å²) in [7, 11) is 4.10. The molecule has 0 unspecified atom stereocenters. The van der Waals surface area contributed by atoms with Crippen molar-refractivity contribution >= 4 is 35.1 Å². The van der Waals surface area contributed by atoms with Crippen molar-refractivity contribution in [1.29, 1.82) is 0 Å². The van der Waals surface area contributed by atoms with Crippen LogP contribution in [0.25, 0.3) is 0 Å². The molecular formula is C18H27ClN6OS. The molecule has 9 heteroatoms. The fraction of sp³-hybridized carbons (Fsp3) is 0.556. The first-order valence-electron chi connectivity index (χ1n) is 9.10. The Bertz CT molecular complexity index is 734. The summed E-state index contributed by atoms with van der Waals surface area (Å²) in [4.78, 5) is 18.5. The Hall–Kier alpha value is -1.64. The van der Waals surface area contributed by atoms with E-state index in [-0.39, 0.29) is 17.7 Å². The predicted octanol–water partition coefficient (Wildman–Crippen LogP) is 3.87. The van der Waals surface area contributed by atoms with Crippen molar-refractivity contribution in [1.82, 2.24) is 24.6 Å². The van der Waals surface area contributed by atoms with Crippen LogP contribution < -0.4 is 5.32 Å². The van der Waals surface area contributed by atoms with Gasteiger partial charge in [-0.1, -0.05) is 43.6 Å². The summed E-state index contributed by atoms with van der Waals surface area (Å²) >= 11 is 7.20. The van der Waals surface area contributed by atoms with Gasteiger partial charge in [-0.3, -0.25) is 9.69 Å². The lowest BCUT2D eigenvalue weighted by molar-refractivity contribution is -0.113. The highest BCUT2D eigenvalue weighted by molar-refractivity contribution is 7.99. The first-order valence-corrected chi connectivity index (χ1v) is 10.5. The van der Waals surface area contributed by atoms with Crippen LogP contribution in [0.1, 0.15) is 45.0 Å². The van der Waals surface area contributed by atoms with Gasteiger partial charge in [0.2, 0.25) is 5.91 Å². The van der Waals surface area contributed by atoms with E-state index in [0.717, 1.165) is 36.8 Å². The summed E-state index contributed by atoms with van der Waals surface area (Å²) in [5.74, 6) is 1.55. The number of unbranched alkanes of at least 4 members (excludes halogenated alkanes) is 1. The van der Waals surface area contributed by atoms with Gasteiger partial charge in [0.1, 0.15) is 5.82 Å². The fourth-order valence-corrected chi connectivity index (χ4v) is 3.60. The third-order valence-electron chi connectivity index (χ3n) is 4.12. The molecule has 0 aliphatic heterocycles. The third-order valence-corrected chi connectivity index (χ3v) is 5.31. The van der Waals surface area contributed by atoms with Gasteiger partial charge in [0, 0.05) is 12.7 Å². The predicted molar refractivity (Wildman–Crippen MR) is 110 cm³/mol. The SMILES string of the molecule is CCCCn1c(SCC(=O)Nc2ccc(Cl)cn2)nnc1[C@H](CC)N(C)C. The molecule has 2 rings (SSSR count). The second kappa shape index (κ2) is 10.6. The molecule has 0 saturated heterocycles. The van der Waals surface area contributed by atoms with Crippen LogP contribution in [-0.2, 0) is 11.3 Å². The molecule has 2 heterocycles. The average molecular weight is 411 g/mol. The third kappa shape index (κ3) is 6.19. The highest BCUT2D eigenvalue weighted by Gasteiger charge is 2.22. The second-order valence-electron chi connectivity index (χ2n) is 6.43. The van der Waals surface area contributed by atoms with Gasteiger partial charge in [0.15, 0.2) is 11.0 Å². The molecule has 2 aromatic rings.